The lowest BCUT2D eigenvalue weighted by Gasteiger charge is -2.41. The van der Waals surface area contributed by atoms with E-state index in [0.717, 1.165) is 58.7 Å². The number of para-hydroxylation sites is 3. The lowest BCUT2D eigenvalue weighted by atomic mass is 9.64. The molecule has 3 heteroatoms. The SMILES string of the molecule is C1=CC2=C(CC1)C1(c3ccccc3Oc3ccccc31)c1ccc(-c3nc(C4C=CC(c5ccccc5)=CC4)c4ccccc4n3)cc12. The van der Waals surface area contributed by atoms with E-state index in [0.29, 0.717) is 0 Å². The van der Waals surface area contributed by atoms with Gasteiger partial charge in [0.25, 0.3) is 0 Å². The number of ether oxygens (including phenoxy) is 1. The molecule has 0 saturated heterocycles. The molecule has 0 amide bonds. The van der Waals surface area contributed by atoms with Gasteiger partial charge in [0.2, 0.25) is 0 Å². The van der Waals surface area contributed by atoms with Crippen LogP contribution in [0.3, 0.4) is 0 Å². The molecule has 1 spiro atoms. The molecule has 1 aliphatic heterocycles. The molecule has 10 rings (SSSR count). The Morgan fingerprint density at radius 2 is 1.42 bits per heavy atom. The predicted molar refractivity (Wildman–Crippen MR) is 194 cm³/mol. The van der Waals surface area contributed by atoms with Gasteiger partial charge in [-0.3, -0.25) is 0 Å². The molecule has 228 valence electrons. The Bertz CT molecular complexity index is 2370. The molecular formula is C45H32N2O. The van der Waals surface area contributed by atoms with E-state index in [1.165, 1.54) is 44.5 Å². The van der Waals surface area contributed by atoms with Gasteiger partial charge < -0.3 is 4.74 Å². The van der Waals surface area contributed by atoms with Crippen LogP contribution in [-0.4, -0.2) is 9.97 Å². The monoisotopic (exact) mass is 616 g/mol. The van der Waals surface area contributed by atoms with E-state index in [-0.39, 0.29) is 5.92 Å². The normalized spacial score (nSPS) is 18.2. The lowest BCUT2D eigenvalue weighted by Crippen LogP contribution is -2.33. The largest absolute Gasteiger partial charge is 0.457 e. The van der Waals surface area contributed by atoms with Crippen molar-refractivity contribution in [3.63, 3.8) is 0 Å². The minimum Gasteiger partial charge on any atom is -0.457 e. The van der Waals surface area contributed by atoms with Gasteiger partial charge in [0.05, 0.1) is 16.6 Å². The van der Waals surface area contributed by atoms with E-state index in [9.17, 15) is 0 Å². The maximum Gasteiger partial charge on any atom is 0.160 e. The number of rotatable bonds is 3. The molecule has 2 heterocycles. The quantitative estimate of drug-likeness (QED) is 0.198. The van der Waals surface area contributed by atoms with Crippen LogP contribution in [-0.2, 0) is 5.41 Å². The first-order chi connectivity index (χ1) is 23.8. The van der Waals surface area contributed by atoms with E-state index in [1.807, 2.05) is 0 Å². The van der Waals surface area contributed by atoms with Gasteiger partial charge in [0.15, 0.2) is 5.82 Å². The van der Waals surface area contributed by atoms with Crippen LogP contribution in [0.5, 0.6) is 11.5 Å². The summed E-state index contributed by atoms with van der Waals surface area (Å²) in [5, 5.41) is 1.11. The van der Waals surface area contributed by atoms with Crippen molar-refractivity contribution in [3.05, 3.63) is 191 Å². The van der Waals surface area contributed by atoms with Crippen molar-refractivity contribution in [2.24, 2.45) is 0 Å². The summed E-state index contributed by atoms with van der Waals surface area (Å²) in [5.41, 5.74) is 13.0. The lowest BCUT2D eigenvalue weighted by molar-refractivity contribution is 0.432. The van der Waals surface area contributed by atoms with E-state index in [4.69, 9.17) is 14.7 Å². The number of hydrogen-bond acceptors (Lipinski definition) is 3. The second kappa shape index (κ2) is 10.6. The fourth-order valence-corrected chi connectivity index (χ4v) is 8.49. The van der Waals surface area contributed by atoms with Crippen molar-refractivity contribution >= 4 is 22.0 Å². The van der Waals surface area contributed by atoms with Crippen LogP contribution in [0.25, 0.3) is 33.4 Å². The van der Waals surface area contributed by atoms with Gasteiger partial charge in [0.1, 0.15) is 11.5 Å². The summed E-state index contributed by atoms with van der Waals surface area (Å²) < 4.78 is 6.53. The Morgan fingerprint density at radius 3 is 2.21 bits per heavy atom. The smallest absolute Gasteiger partial charge is 0.160 e. The summed E-state index contributed by atoms with van der Waals surface area (Å²) in [6, 6.07) is 43.1. The zero-order chi connectivity index (χ0) is 31.7. The molecule has 1 atom stereocenters. The van der Waals surface area contributed by atoms with Crippen molar-refractivity contribution in [2.45, 2.75) is 30.6 Å². The molecule has 0 radical (unpaired) electrons. The van der Waals surface area contributed by atoms with Crippen LogP contribution < -0.4 is 4.74 Å². The van der Waals surface area contributed by atoms with Crippen molar-refractivity contribution in [1.29, 1.82) is 0 Å². The van der Waals surface area contributed by atoms with Crippen molar-refractivity contribution in [3.8, 4) is 22.9 Å². The molecule has 6 aromatic rings. The zero-order valence-corrected chi connectivity index (χ0v) is 26.4. The summed E-state index contributed by atoms with van der Waals surface area (Å²) in [6.45, 7) is 0. The highest BCUT2D eigenvalue weighted by molar-refractivity contribution is 5.94. The van der Waals surface area contributed by atoms with Gasteiger partial charge in [-0.1, -0.05) is 127 Å². The Balaban J connectivity index is 1.13. The van der Waals surface area contributed by atoms with Gasteiger partial charge >= 0.3 is 0 Å². The maximum absolute atomic E-state index is 6.53. The topological polar surface area (TPSA) is 35.0 Å². The van der Waals surface area contributed by atoms with Gasteiger partial charge in [-0.2, -0.15) is 0 Å². The number of hydrogen-bond donors (Lipinski definition) is 0. The fraction of sp³-hybridized carbons (Fsp3) is 0.111. The average Bonchev–Trinajstić information content (AvgIpc) is 3.45. The number of aromatic nitrogens is 2. The summed E-state index contributed by atoms with van der Waals surface area (Å²) >= 11 is 0. The van der Waals surface area contributed by atoms with Crippen molar-refractivity contribution in [2.75, 3.05) is 0 Å². The molecule has 1 aromatic heterocycles. The van der Waals surface area contributed by atoms with E-state index >= 15 is 0 Å². The molecular weight excluding hydrogens is 585 g/mol. The highest BCUT2D eigenvalue weighted by Crippen LogP contribution is 2.63. The van der Waals surface area contributed by atoms with Crippen LogP contribution in [0, 0.1) is 0 Å². The molecule has 0 bridgehead atoms. The van der Waals surface area contributed by atoms with Crippen LogP contribution in [0.2, 0.25) is 0 Å². The van der Waals surface area contributed by atoms with Crippen LogP contribution in [0.4, 0.5) is 0 Å². The number of nitrogens with zero attached hydrogens (tertiary/aromatic N) is 2. The molecule has 0 fully saturated rings. The third-order valence-corrected chi connectivity index (χ3v) is 10.6. The second-order valence-corrected chi connectivity index (χ2v) is 13.1. The molecule has 1 unspecified atom stereocenters. The molecule has 5 aromatic carbocycles. The number of allylic oxidation sites excluding steroid dienone is 8. The molecule has 0 saturated carbocycles. The highest BCUT2D eigenvalue weighted by atomic mass is 16.5. The maximum atomic E-state index is 6.53. The summed E-state index contributed by atoms with van der Waals surface area (Å²) in [6.07, 6.45) is 14.5. The highest BCUT2D eigenvalue weighted by Gasteiger charge is 2.52. The third-order valence-electron chi connectivity index (χ3n) is 10.6. The van der Waals surface area contributed by atoms with Crippen LogP contribution in [0.15, 0.2) is 157 Å². The van der Waals surface area contributed by atoms with E-state index in [1.54, 1.807) is 0 Å². The van der Waals surface area contributed by atoms with Crippen molar-refractivity contribution in [1.82, 2.24) is 9.97 Å². The summed E-state index contributed by atoms with van der Waals surface area (Å²) in [7, 11) is 0. The van der Waals surface area contributed by atoms with Crippen molar-refractivity contribution < 1.29 is 4.74 Å². The predicted octanol–water partition coefficient (Wildman–Crippen LogP) is 11.0. The first-order valence-corrected chi connectivity index (χ1v) is 16.9. The van der Waals surface area contributed by atoms with E-state index < -0.39 is 5.41 Å². The Kier molecular flexibility index (Phi) is 6.04. The van der Waals surface area contributed by atoms with E-state index in [2.05, 4.69) is 152 Å². The first-order valence-electron chi connectivity index (χ1n) is 16.9. The summed E-state index contributed by atoms with van der Waals surface area (Å²) in [4.78, 5) is 10.5. The van der Waals surface area contributed by atoms with Gasteiger partial charge in [-0.15, -0.1) is 0 Å². The zero-order valence-electron chi connectivity index (χ0n) is 26.4. The fourth-order valence-electron chi connectivity index (χ4n) is 8.49. The summed E-state index contributed by atoms with van der Waals surface area (Å²) in [5.74, 6) is 2.81. The standard InChI is InChI=1S/C45H32N2O/c1-2-12-29(13-3-1)30-22-24-31(25-23-30)43-34-15-5-9-19-40(34)46-44(47-43)32-26-27-37-35(28-32)33-14-4-6-16-36(33)45(37)38-17-7-10-20-41(38)48-42-21-11-8-18-39(42)45/h1-5,7-15,17-24,26-28,31H,6,16,25H2. The Labute approximate surface area is 280 Å². The van der Waals surface area contributed by atoms with Gasteiger partial charge in [0, 0.05) is 28.0 Å². The average molecular weight is 617 g/mol. The Hall–Kier alpha value is -5.80. The first kappa shape index (κ1) is 27.3. The molecule has 48 heavy (non-hydrogen) atoms. The van der Waals surface area contributed by atoms with Gasteiger partial charge in [-0.05, 0) is 76.9 Å². The minimum absolute atomic E-state index is 0.174. The minimum atomic E-state index is -0.398. The molecule has 3 nitrogen and oxygen atoms in total. The number of fused-ring (bicyclic) bond motifs is 9. The number of benzene rings is 5. The molecule has 0 N–H and O–H groups in total. The Morgan fingerprint density at radius 1 is 0.667 bits per heavy atom. The second-order valence-electron chi connectivity index (χ2n) is 13.1. The molecule has 3 aliphatic carbocycles. The molecule has 4 aliphatic rings. The van der Waals surface area contributed by atoms with Crippen LogP contribution in [0.1, 0.15) is 58.7 Å². The van der Waals surface area contributed by atoms with Crippen LogP contribution >= 0.6 is 0 Å². The van der Waals surface area contributed by atoms with Gasteiger partial charge in [-0.25, -0.2) is 9.97 Å². The third kappa shape index (κ3) is 3.94.